The summed E-state index contributed by atoms with van der Waals surface area (Å²) < 4.78 is 0. The lowest BCUT2D eigenvalue weighted by molar-refractivity contribution is -0.133. The van der Waals surface area contributed by atoms with E-state index in [-0.39, 0.29) is 24.2 Å². The van der Waals surface area contributed by atoms with Crippen LogP contribution in [0.1, 0.15) is 54.1 Å². The standard InChI is InChI=1S/C19H24N2O3/c1-12-7-8-15(10-13(12)2)16(22)11-21-17(23)19(20-18(21)24)9-5-4-6-14(19)3/h7-8,10,14H,4-6,9,11H2,1-3H3,(H,20,24)/t14-,19+/m0/s1. The molecular weight excluding hydrogens is 304 g/mol. The number of urea groups is 1. The number of Topliss-reactive ketones (excluding diaryl/α,β-unsaturated/α-hetero) is 1. The van der Waals surface area contributed by atoms with Crippen LogP contribution < -0.4 is 5.32 Å². The third-order valence-corrected chi connectivity index (χ3v) is 5.63. The number of ketones is 1. The van der Waals surface area contributed by atoms with Crippen LogP contribution in [0.5, 0.6) is 0 Å². The van der Waals surface area contributed by atoms with E-state index in [0.29, 0.717) is 12.0 Å². The molecule has 24 heavy (non-hydrogen) atoms. The third-order valence-electron chi connectivity index (χ3n) is 5.63. The Kier molecular flexibility index (Phi) is 4.20. The van der Waals surface area contributed by atoms with Gasteiger partial charge in [0.15, 0.2) is 5.78 Å². The molecule has 1 aromatic carbocycles. The summed E-state index contributed by atoms with van der Waals surface area (Å²) in [5.41, 5.74) is 1.86. The molecule has 2 atom stereocenters. The Hall–Kier alpha value is -2.17. The molecule has 2 fully saturated rings. The van der Waals surface area contributed by atoms with E-state index in [1.165, 1.54) is 0 Å². The van der Waals surface area contributed by atoms with Crippen LogP contribution in [-0.2, 0) is 4.79 Å². The van der Waals surface area contributed by atoms with Gasteiger partial charge in [-0.05, 0) is 49.8 Å². The normalized spacial score (nSPS) is 26.8. The van der Waals surface area contributed by atoms with Crippen LogP contribution in [0, 0.1) is 19.8 Å². The molecule has 1 aliphatic heterocycles. The summed E-state index contributed by atoms with van der Waals surface area (Å²) in [5.74, 6) is -0.344. The lowest BCUT2D eigenvalue weighted by Gasteiger charge is -2.36. The Morgan fingerprint density at radius 1 is 1.25 bits per heavy atom. The first-order chi connectivity index (χ1) is 11.3. The van der Waals surface area contributed by atoms with E-state index in [9.17, 15) is 14.4 Å². The third kappa shape index (κ3) is 2.62. The zero-order chi connectivity index (χ0) is 17.5. The fraction of sp³-hybridized carbons (Fsp3) is 0.526. The molecule has 5 nitrogen and oxygen atoms in total. The van der Waals surface area contributed by atoms with E-state index in [2.05, 4.69) is 5.32 Å². The second-order valence-electron chi connectivity index (χ2n) is 7.16. The summed E-state index contributed by atoms with van der Waals surface area (Å²) in [6.07, 6.45) is 3.58. The first-order valence-corrected chi connectivity index (χ1v) is 8.60. The van der Waals surface area contributed by atoms with Crippen LogP contribution in [0.3, 0.4) is 0 Å². The number of hydrogen-bond donors (Lipinski definition) is 1. The van der Waals surface area contributed by atoms with Crippen molar-refractivity contribution in [3.05, 3.63) is 34.9 Å². The van der Waals surface area contributed by atoms with Crippen molar-refractivity contribution in [1.82, 2.24) is 10.2 Å². The highest BCUT2D eigenvalue weighted by Crippen LogP contribution is 2.38. The minimum atomic E-state index is -0.807. The molecule has 1 saturated heterocycles. The van der Waals surface area contributed by atoms with Crippen molar-refractivity contribution in [3.8, 4) is 0 Å². The molecule has 0 unspecified atom stereocenters. The zero-order valence-electron chi connectivity index (χ0n) is 14.5. The molecule has 1 heterocycles. The van der Waals surface area contributed by atoms with Crippen LogP contribution in [0.2, 0.25) is 0 Å². The largest absolute Gasteiger partial charge is 0.325 e. The van der Waals surface area contributed by atoms with Gasteiger partial charge in [0.05, 0.1) is 6.54 Å². The minimum Gasteiger partial charge on any atom is -0.323 e. The van der Waals surface area contributed by atoms with Gasteiger partial charge in [-0.25, -0.2) is 4.79 Å². The Morgan fingerprint density at radius 3 is 2.67 bits per heavy atom. The Labute approximate surface area is 142 Å². The molecule has 0 bridgehead atoms. The van der Waals surface area contributed by atoms with E-state index in [0.717, 1.165) is 35.3 Å². The van der Waals surface area contributed by atoms with Crippen molar-refractivity contribution >= 4 is 17.7 Å². The zero-order valence-corrected chi connectivity index (χ0v) is 14.5. The predicted octanol–water partition coefficient (Wildman–Crippen LogP) is 2.99. The molecular formula is C19H24N2O3. The van der Waals surface area contributed by atoms with Gasteiger partial charge in [-0.2, -0.15) is 0 Å². The predicted molar refractivity (Wildman–Crippen MR) is 90.9 cm³/mol. The van der Waals surface area contributed by atoms with Crippen molar-refractivity contribution in [3.63, 3.8) is 0 Å². The van der Waals surface area contributed by atoms with E-state index in [1.54, 1.807) is 6.07 Å². The van der Waals surface area contributed by atoms with Crippen LogP contribution >= 0.6 is 0 Å². The molecule has 1 saturated carbocycles. The average molecular weight is 328 g/mol. The van der Waals surface area contributed by atoms with Crippen molar-refractivity contribution in [2.45, 2.75) is 52.0 Å². The van der Waals surface area contributed by atoms with Gasteiger partial charge in [0.2, 0.25) is 0 Å². The number of carbonyl (C=O) groups excluding carboxylic acids is 3. The fourth-order valence-electron chi connectivity index (χ4n) is 3.79. The lowest BCUT2D eigenvalue weighted by atomic mass is 9.73. The first kappa shape index (κ1) is 16.7. The highest BCUT2D eigenvalue weighted by atomic mass is 16.2. The van der Waals surface area contributed by atoms with Crippen LogP contribution in [0.15, 0.2) is 18.2 Å². The smallest absolute Gasteiger partial charge is 0.323 e. The molecule has 3 rings (SSSR count). The Balaban J connectivity index is 1.80. The highest BCUT2D eigenvalue weighted by molar-refractivity contribution is 6.11. The number of aryl methyl sites for hydroxylation is 2. The summed E-state index contributed by atoms with van der Waals surface area (Å²) >= 11 is 0. The summed E-state index contributed by atoms with van der Waals surface area (Å²) in [6, 6.07) is 5.02. The molecule has 2 aliphatic rings. The summed E-state index contributed by atoms with van der Waals surface area (Å²) in [6.45, 7) is 5.74. The summed E-state index contributed by atoms with van der Waals surface area (Å²) in [7, 11) is 0. The monoisotopic (exact) mass is 328 g/mol. The topological polar surface area (TPSA) is 66.5 Å². The van der Waals surface area contributed by atoms with E-state index < -0.39 is 11.6 Å². The first-order valence-electron chi connectivity index (χ1n) is 8.60. The molecule has 1 N–H and O–H groups in total. The fourth-order valence-corrected chi connectivity index (χ4v) is 3.79. The van der Waals surface area contributed by atoms with Gasteiger partial charge in [0.1, 0.15) is 5.54 Å². The number of rotatable bonds is 3. The molecule has 3 amide bonds. The van der Waals surface area contributed by atoms with E-state index in [1.807, 2.05) is 32.9 Å². The number of nitrogens with zero attached hydrogens (tertiary/aromatic N) is 1. The maximum atomic E-state index is 12.9. The number of amides is 3. The van der Waals surface area contributed by atoms with Crippen molar-refractivity contribution in [1.29, 1.82) is 0 Å². The van der Waals surface area contributed by atoms with Gasteiger partial charge >= 0.3 is 6.03 Å². The number of carbonyl (C=O) groups is 3. The molecule has 0 radical (unpaired) electrons. The van der Waals surface area contributed by atoms with E-state index >= 15 is 0 Å². The number of hydrogen-bond acceptors (Lipinski definition) is 3. The van der Waals surface area contributed by atoms with Gasteiger partial charge in [-0.1, -0.05) is 31.9 Å². The van der Waals surface area contributed by atoms with Gasteiger partial charge in [-0.15, -0.1) is 0 Å². The molecule has 128 valence electrons. The van der Waals surface area contributed by atoms with Gasteiger partial charge in [0.25, 0.3) is 5.91 Å². The number of nitrogens with one attached hydrogen (secondary N) is 1. The van der Waals surface area contributed by atoms with Gasteiger partial charge in [0, 0.05) is 5.56 Å². The lowest BCUT2D eigenvalue weighted by Crippen LogP contribution is -2.54. The second kappa shape index (κ2) is 6.04. The quantitative estimate of drug-likeness (QED) is 0.685. The second-order valence-corrected chi connectivity index (χ2v) is 7.16. The highest BCUT2D eigenvalue weighted by Gasteiger charge is 2.55. The SMILES string of the molecule is Cc1ccc(C(=O)CN2C(=O)N[C@@]3(CCCC[C@@H]3C)C2=O)cc1C. The van der Waals surface area contributed by atoms with Gasteiger partial charge in [-0.3, -0.25) is 14.5 Å². The van der Waals surface area contributed by atoms with Crippen molar-refractivity contribution in [2.75, 3.05) is 6.54 Å². The minimum absolute atomic E-state index is 0.101. The molecule has 1 aromatic rings. The molecule has 1 aliphatic carbocycles. The van der Waals surface area contributed by atoms with E-state index in [4.69, 9.17) is 0 Å². The average Bonchev–Trinajstić information content (AvgIpc) is 2.78. The van der Waals surface area contributed by atoms with Crippen molar-refractivity contribution in [2.24, 2.45) is 5.92 Å². The molecule has 1 spiro atoms. The summed E-state index contributed by atoms with van der Waals surface area (Å²) in [4.78, 5) is 38.8. The Bertz CT molecular complexity index is 713. The maximum Gasteiger partial charge on any atom is 0.325 e. The number of imide groups is 1. The Morgan fingerprint density at radius 2 is 2.00 bits per heavy atom. The van der Waals surface area contributed by atoms with Crippen LogP contribution in [0.25, 0.3) is 0 Å². The van der Waals surface area contributed by atoms with Crippen LogP contribution in [-0.4, -0.2) is 34.7 Å². The molecule has 0 aromatic heterocycles. The van der Waals surface area contributed by atoms with Gasteiger partial charge < -0.3 is 5.32 Å². The molecule has 5 heteroatoms. The van der Waals surface area contributed by atoms with Crippen molar-refractivity contribution < 1.29 is 14.4 Å². The van der Waals surface area contributed by atoms with Crippen LogP contribution in [0.4, 0.5) is 4.79 Å². The summed E-state index contributed by atoms with van der Waals surface area (Å²) in [5, 5.41) is 2.88. The maximum absolute atomic E-state index is 12.9. The number of benzene rings is 1.